The molecule has 19 heavy (non-hydrogen) atoms. The number of nitriles is 1. The van der Waals surface area contributed by atoms with Gasteiger partial charge >= 0.3 is 0 Å². The molecule has 2 N–H and O–H groups in total. The van der Waals surface area contributed by atoms with Gasteiger partial charge in [0.25, 0.3) is 0 Å². The lowest BCUT2D eigenvalue weighted by atomic mass is 10.2. The molecule has 0 bridgehead atoms. The summed E-state index contributed by atoms with van der Waals surface area (Å²) in [5, 5.41) is 8.80. The van der Waals surface area contributed by atoms with Gasteiger partial charge in [0.1, 0.15) is 18.0 Å². The topological polar surface area (TPSA) is 78.8 Å². The summed E-state index contributed by atoms with van der Waals surface area (Å²) in [6, 6.07) is 12.0. The van der Waals surface area contributed by atoms with Crippen LogP contribution >= 0.6 is 0 Å². The number of nitrogen functional groups attached to an aromatic ring is 1. The van der Waals surface area contributed by atoms with E-state index in [-0.39, 0.29) is 0 Å². The van der Waals surface area contributed by atoms with Crippen LogP contribution in [0.25, 0.3) is 0 Å². The highest BCUT2D eigenvalue weighted by Crippen LogP contribution is 2.27. The molecular weight excluding hydrogens is 238 g/mol. The third-order valence-electron chi connectivity index (χ3n) is 2.87. The molecule has 0 spiro atoms. The Labute approximate surface area is 112 Å². The molecule has 1 aromatic carbocycles. The van der Waals surface area contributed by atoms with Crippen LogP contribution in [0.2, 0.25) is 0 Å². The van der Waals surface area contributed by atoms with Gasteiger partial charge in [0.15, 0.2) is 0 Å². The van der Waals surface area contributed by atoms with Crippen LogP contribution in [0.15, 0.2) is 36.7 Å². The first-order valence-electron chi connectivity index (χ1n) is 6.00. The van der Waals surface area contributed by atoms with Crippen molar-refractivity contribution in [2.45, 2.75) is 13.3 Å². The maximum absolute atomic E-state index is 8.80. The van der Waals surface area contributed by atoms with E-state index in [1.807, 2.05) is 42.2 Å². The van der Waals surface area contributed by atoms with Crippen molar-refractivity contribution in [3.05, 3.63) is 42.2 Å². The Balaban J connectivity index is 2.44. The molecule has 0 saturated heterocycles. The molecule has 0 aliphatic heterocycles. The zero-order valence-electron chi connectivity index (χ0n) is 10.7. The summed E-state index contributed by atoms with van der Waals surface area (Å²) in [5.74, 6) is 1.21. The van der Waals surface area contributed by atoms with Crippen LogP contribution in [0.3, 0.4) is 0 Å². The lowest BCUT2D eigenvalue weighted by Crippen LogP contribution is -2.21. The molecular formula is C14H15N5. The summed E-state index contributed by atoms with van der Waals surface area (Å²) in [6.07, 6.45) is 1.86. The van der Waals surface area contributed by atoms with Crippen LogP contribution in [0.4, 0.5) is 17.3 Å². The molecule has 0 amide bonds. The van der Waals surface area contributed by atoms with E-state index in [4.69, 9.17) is 11.0 Å². The first-order chi connectivity index (χ1) is 9.24. The average molecular weight is 253 g/mol. The molecule has 96 valence electrons. The van der Waals surface area contributed by atoms with Crippen LogP contribution in [0.1, 0.15) is 12.0 Å². The molecule has 1 heterocycles. The highest BCUT2D eigenvalue weighted by Gasteiger charge is 2.14. The highest BCUT2D eigenvalue weighted by atomic mass is 15.2. The molecule has 2 rings (SSSR count). The molecule has 1 aromatic heterocycles. The summed E-state index contributed by atoms with van der Waals surface area (Å²) in [4.78, 5) is 10.2. The van der Waals surface area contributed by atoms with Gasteiger partial charge in [-0.3, -0.25) is 0 Å². The number of benzene rings is 1. The predicted octanol–water partition coefficient (Wildman–Crippen LogP) is 2.42. The molecule has 0 unspecified atom stereocenters. The number of aromatic nitrogens is 2. The van der Waals surface area contributed by atoms with Crippen molar-refractivity contribution in [3.8, 4) is 6.07 Å². The quantitative estimate of drug-likeness (QED) is 0.905. The fraction of sp³-hybridized carbons (Fsp3) is 0.214. The number of para-hydroxylation sites is 1. The molecule has 2 aromatic rings. The van der Waals surface area contributed by atoms with E-state index >= 15 is 0 Å². The minimum atomic E-state index is 0.415. The van der Waals surface area contributed by atoms with Crippen molar-refractivity contribution in [1.29, 1.82) is 5.26 Å². The van der Waals surface area contributed by atoms with E-state index in [2.05, 4.69) is 16.0 Å². The lowest BCUT2D eigenvalue weighted by molar-refractivity contribution is 0.913. The van der Waals surface area contributed by atoms with E-state index < -0.39 is 0 Å². The summed E-state index contributed by atoms with van der Waals surface area (Å²) < 4.78 is 0. The lowest BCUT2D eigenvalue weighted by Gasteiger charge is -2.24. The molecule has 0 radical (unpaired) electrons. The molecule has 0 atom stereocenters. The van der Waals surface area contributed by atoms with Gasteiger partial charge in [-0.2, -0.15) is 5.26 Å². The van der Waals surface area contributed by atoms with Crippen molar-refractivity contribution in [1.82, 2.24) is 9.97 Å². The number of hydrogen-bond acceptors (Lipinski definition) is 5. The summed E-state index contributed by atoms with van der Waals surface area (Å²) in [7, 11) is 0. The van der Waals surface area contributed by atoms with Crippen molar-refractivity contribution < 1.29 is 0 Å². The summed E-state index contributed by atoms with van der Waals surface area (Å²) >= 11 is 0. The monoisotopic (exact) mass is 253 g/mol. The summed E-state index contributed by atoms with van der Waals surface area (Å²) in [5.41, 5.74) is 7.63. The van der Waals surface area contributed by atoms with Crippen molar-refractivity contribution in [2.24, 2.45) is 0 Å². The van der Waals surface area contributed by atoms with E-state index in [1.165, 1.54) is 6.33 Å². The Morgan fingerprint density at radius 2 is 2.00 bits per heavy atom. The second-order valence-electron chi connectivity index (χ2n) is 4.10. The van der Waals surface area contributed by atoms with Gasteiger partial charge < -0.3 is 10.6 Å². The van der Waals surface area contributed by atoms with Crippen LogP contribution < -0.4 is 10.6 Å². The van der Waals surface area contributed by atoms with Crippen LogP contribution in [-0.4, -0.2) is 16.5 Å². The minimum absolute atomic E-state index is 0.415. The first kappa shape index (κ1) is 12.8. The van der Waals surface area contributed by atoms with E-state index in [0.717, 1.165) is 17.1 Å². The second kappa shape index (κ2) is 5.83. The Morgan fingerprint density at radius 3 is 2.68 bits per heavy atom. The van der Waals surface area contributed by atoms with Crippen LogP contribution in [-0.2, 0) is 0 Å². The highest BCUT2D eigenvalue weighted by molar-refractivity contribution is 5.66. The number of hydrogen-bond donors (Lipinski definition) is 1. The van der Waals surface area contributed by atoms with Gasteiger partial charge in [0.05, 0.1) is 12.5 Å². The number of anilines is 3. The number of rotatable bonds is 4. The van der Waals surface area contributed by atoms with E-state index in [0.29, 0.717) is 18.8 Å². The number of nitrogens with zero attached hydrogens (tertiary/aromatic N) is 4. The van der Waals surface area contributed by atoms with Crippen LogP contribution in [0, 0.1) is 18.3 Å². The summed E-state index contributed by atoms with van der Waals surface area (Å²) in [6.45, 7) is 2.45. The second-order valence-corrected chi connectivity index (χ2v) is 4.10. The fourth-order valence-electron chi connectivity index (χ4n) is 1.85. The van der Waals surface area contributed by atoms with Gasteiger partial charge in [-0.25, -0.2) is 9.97 Å². The Morgan fingerprint density at radius 1 is 1.26 bits per heavy atom. The Bertz CT molecular complexity index is 589. The fourth-order valence-corrected chi connectivity index (χ4v) is 1.85. The van der Waals surface area contributed by atoms with Gasteiger partial charge in [-0.15, -0.1) is 0 Å². The van der Waals surface area contributed by atoms with Crippen molar-refractivity contribution in [3.63, 3.8) is 0 Å². The Hall–Kier alpha value is -2.61. The normalized spacial score (nSPS) is 9.89. The smallest absolute Gasteiger partial charge is 0.141 e. The zero-order chi connectivity index (χ0) is 13.7. The molecule has 0 aliphatic carbocycles. The van der Waals surface area contributed by atoms with Crippen LogP contribution in [0.5, 0.6) is 0 Å². The maximum atomic E-state index is 8.80. The molecule has 0 saturated carbocycles. The molecule has 0 fully saturated rings. The molecule has 5 nitrogen and oxygen atoms in total. The minimum Gasteiger partial charge on any atom is -0.383 e. The molecule has 0 aliphatic rings. The number of nitrogens with two attached hydrogens (primary N) is 1. The van der Waals surface area contributed by atoms with Crippen molar-refractivity contribution >= 4 is 17.3 Å². The Kier molecular flexibility index (Phi) is 3.94. The van der Waals surface area contributed by atoms with Gasteiger partial charge in [-0.1, -0.05) is 18.2 Å². The van der Waals surface area contributed by atoms with E-state index in [1.54, 1.807) is 0 Å². The maximum Gasteiger partial charge on any atom is 0.141 e. The van der Waals surface area contributed by atoms with E-state index in [9.17, 15) is 0 Å². The third-order valence-corrected chi connectivity index (χ3v) is 2.87. The third kappa shape index (κ3) is 2.80. The van der Waals surface area contributed by atoms with Gasteiger partial charge in [0, 0.05) is 17.8 Å². The SMILES string of the molecule is Cc1c(N)ncnc1N(CCC#N)c1ccccc1. The van der Waals surface area contributed by atoms with Gasteiger partial charge in [0.2, 0.25) is 0 Å². The first-order valence-corrected chi connectivity index (χ1v) is 6.00. The average Bonchev–Trinajstić information content (AvgIpc) is 2.45. The van der Waals surface area contributed by atoms with Crippen molar-refractivity contribution in [2.75, 3.05) is 17.2 Å². The standard InChI is InChI=1S/C14H15N5/c1-11-13(16)17-10-18-14(11)19(9-5-8-15)12-6-3-2-4-7-12/h2-4,6-7,10H,5,9H2,1H3,(H2,16,17,18). The largest absolute Gasteiger partial charge is 0.383 e. The van der Waals surface area contributed by atoms with Gasteiger partial charge in [-0.05, 0) is 19.1 Å². The zero-order valence-corrected chi connectivity index (χ0v) is 10.7. The predicted molar refractivity (Wildman–Crippen MR) is 74.9 cm³/mol. The molecule has 5 heteroatoms.